The molecule has 0 spiro atoms. The van der Waals surface area contributed by atoms with Crippen LogP contribution in [0.4, 0.5) is 5.00 Å². The molecule has 1 aliphatic carbocycles. The van der Waals surface area contributed by atoms with Crippen LogP contribution in [-0.4, -0.2) is 45.0 Å². The van der Waals surface area contributed by atoms with Crippen molar-refractivity contribution in [1.82, 2.24) is 24.8 Å². The van der Waals surface area contributed by atoms with E-state index in [2.05, 4.69) is 33.3 Å². The van der Waals surface area contributed by atoms with E-state index in [1.165, 1.54) is 15.9 Å². The highest BCUT2D eigenvalue weighted by Gasteiger charge is 2.33. The van der Waals surface area contributed by atoms with Crippen LogP contribution >= 0.6 is 11.3 Å². The molecule has 3 aromatic heterocycles. The van der Waals surface area contributed by atoms with Gasteiger partial charge in [0.05, 0.1) is 5.56 Å². The summed E-state index contributed by atoms with van der Waals surface area (Å²) in [6, 6.07) is 2.25. The number of fused-ring (bicyclic) bond motifs is 2. The molecular weight excluding hydrogens is 552 g/mol. The lowest BCUT2D eigenvalue weighted by Crippen LogP contribution is -2.25. The van der Waals surface area contributed by atoms with Crippen LogP contribution in [0.1, 0.15) is 98.8 Å². The minimum atomic E-state index is -0.408. The van der Waals surface area contributed by atoms with Crippen molar-refractivity contribution in [3.8, 4) is 11.9 Å². The number of allylic oxidation sites excluding steroid dienone is 2. The van der Waals surface area contributed by atoms with Gasteiger partial charge >= 0.3 is 5.69 Å². The Morgan fingerprint density at radius 2 is 2.10 bits per heavy atom. The van der Waals surface area contributed by atoms with Gasteiger partial charge in [0.2, 0.25) is 17.5 Å². The van der Waals surface area contributed by atoms with Gasteiger partial charge in [-0.25, -0.2) is 9.78 Å². The van der Waals surface area contributed by atoms with E-state index in [-0.39, 0.29) is 41.0 Å². The van der Waals surface area contributed by atoms with E-state index in [4.69, 9.17) is 16.2 Å². The molecule has 0 radical (unpaired) electrons. The fraction of sp³-hybridized carbons (Fsp3) is 0.567. The fourth-order valence-corrected chi connectivity index (χ4v) is 6.86. The number of nitrogens with zero attached hydrogens (tertiary/aromatic N) is 4. The van der Waals surface area contributed by atoms with Gasteiger partial charge in [-0.3, -0.25) is 14.3 Å². The Labute approximate surface area is 250 Å². The number of Topliss-reactive ketones (excluding diaryl/α,β-unsaturated/α-hetero) is 1. The number of nitrogen functional groups attached to an aromatic ring is 1. The number of aryl methyl sites for hydroxylation is 2. The van der Waals surface area contributed by atoms with E-state index >= 15 is 0 Å². The Bertz CT molecular complexity index is 1580. The number of carbonyl (C=O) groups excluding carboxylic acids is 1. The summed E-state index contributed by atoms with van der Waals surface area (Å²) in [6.45, 7) is 9.22. The van der Waals surface area contributed by atoms with Crippen LogP contribution in [0.25, 0.3) is 11.2 Å². The fourth-order valence-electron chi connectivity index (χ4n) is 5.74. The number of nitrogens with two attached hydrogens (primary N) is 2. The molecule has 42 heavy (non-hydrogen) atoms. The van der Waals surface area contributed by atoms with E-state index < -0.39 is 5.78 Å². The standard InChI is InChI=1S/C30H42N8O3S/c1-6-10-19(23(32)18-12-8-13-21-22(18)20(15-31)26(33)42-21)25(39)28-35-27-24(38(7-2)30(40)37-27)29(36-28)41-17(4)16(3)11-9-14-34-5/h16-18,34H,6-14,32-33H2,1-5H3,(H,35,36,37,40)/b23-19-/t16-,17?,18-/m0/s1. The van der Waals surface area contributed by atoms with Crippen molar-refractivity contribution < 1.29 is 9.53 Å². The monoisotopic (exact) mass is 594 g/mol. The Hall–Kier alpha value is -3.69. The van der Waals surface area contributed by atoms with Gasteiger partial charge in [-0.05, 0) is 77.4 Å². The summed E-state index contributed by atoms with van der Waals surface area (Å²) in [5.41, 5.74) is 15.5. The van der Waals surface area contributed by atoms with Crippen molar-refractivity contribution in [1.29, 1.82) is 5.26 Å². The van der Waals surface area contributed by atoms with E-state index in [1.54, 1.807) is 0 Å². The van der Waals surface area contributed by atoms with E-state index in [0.717, 1.165) is 42.7 Å². The molecule has 0 saturated heterocycles. The largest absolute Gasteiger partial charge is 0.473 e. The number of nitrogens with one attached hydrogen (secondary N) is 2. The zero-order valence-electron chi connectivity index (χ0n) is 25.2. The maximum Gasteiger partial charge on any atom is 0.327 e. The number of ketones is 1. The van der Waals surface area contributed by atoms with Crippen molar-refractivity contribution in [2.24, 2.45) is 11.7 Å². The first-order chi connectivity index (χ1) is 20.2. The summed E-state index contributed by atoms with van der Waals surface area (Å²) >= 11 is 1.43. The number of imidazole rings is 1. The quantitative estimate of drug-likeness (QED) is 0.127. The second-order valence-corrected chi connectivity index (χ2v) is 12.2. The normalized spacial score (nSPS) is 16.9. The van der Waals surface area contributed by atoms with E-state index in [1.807, 2.05) is 27.8 Å². The summed E-state index contributed by atoms with van der Waals surface area (Å²) in [5, 5.41) is 13.5. The highest BCUT2D eigenvalue weighted by atomic mass is 32.1. The summed E-state index contributed by atoms with van der Waals surface area (Å²) < 4.78 is 7.88. The molecule has 3 atom stereocenters. The van der Waals surface area contributed by atoms with Gasteiger partial charge < -0.3 is 21.5 Å². The summed E-state index contributed by atoms with van der Waals surface area (Å²) in [7, 11) is 1.93. The maximum absolute atomic E-state index is 14.1. The van der Waals surface area contributed by atoms with Crippen LogP contribution in [0.15, 0.2) is 16.1 Å². The molecule has 1 unspecified atom stereocenters. The lowest BCUT2D eigenvalue weighted by atomic mass is 9.80. The first-order valence-corrected chi connectivity index (χ1v) is 15.6. The molecular formula is C30H42N8O3S. The van der Waals surface area contributed by atoms with Crippen LogP contribution in [0.5, 0.6) is 5.88 Å². The summed E-state index contributed by atoms with van der Waals surface area (Å²) in [5.74, 6) is -0.369. The number of rotatable bonds is 13. The van der Waals surface area contributed by atoms with Crippen molar-refractivity contribution >= 4 is 33.3 Å². The molecule has 3 heterocycles. The molecule has 3 aromatic rings. The first kappa shape index (κ1) is 31.3. The number of nitriles is 1. The number of aromatic amines is 1. The number of H-pyrrole nitrogens is 1. The lowest BCUT2D eigenvalue weighted by Gasteiger charge is -2.25. The molecule has 0 aromatic carbocycles. The number of thiophene rings is 1. The Morgan fingerprint density at radius 3 is 2.76 bits per heavy atom. The smallest absolute Gasteiger partial charge is 0.327 e. The van der Waals surface area contributed by atoms with Crippen molar-refractivity contribution in [3.05, 3.63) is 43.6 Å². The van der Waals surface area contributed by atoms with Gasteiger partial charge in [0.25, 0.3) is 0 Å². The molecule has 0 saturated carbocycles. The van der Waals surface area contributed by atoms with Crippen LogP contribution in [-0.2, 0) is 13.0 Å². The molecule has 1 aliphatic rings. The molecule has 226 valence electrons. The summed E-state index contributed by atoms with van der Waals surface area (Å²) in [4.78, 5) is 39.8. The van der Waals surface area contributed by atoms with Crippen LogP contribution in [0.3, 0.4) is 0 Å². The van der Waals surface area contributed by atoms with E-state index in [9.17, 15) is 14.9 Å². The highest BCUT2D eigenvalue weighted by molar-refractivity contribution is 7.16. The summed E-state index contributed by atoms with van der Waals surface area (Å²) in [6.07, 6.45) is 5.24. The van der Waals surface area contributed by atoms with E-state index in [0.29, 0.717) is 53.2 Å². The number of ether oxygens (including phenoxy) is 1. The zero-order chi connectivity index (χ0) is 30.6. The van der Waals surface area contributed by atoms with Gasteiger partial charge in [-0.15, -0.1) is 11.3 Å². The Morgan fingerprint density at radius 1 is 1.33 bits per heavy atom. The van der Waals surface area contributed by atoms with Crippen LogP contribution in [0, 0.1) is 17.2 Å². The van der Waals surface area contributed by atoms with Crippen LogP contribution < -0.4 is 27.2 Å². The molecule has 0 bridgehead atoms. The predicted molar refractivity (Wildman–Crippen MR) is 166 cm³/mol. The maximum atomic E-state index is 14.1. The molecule has 11 nitrogen and oxygen atoms in total. The Balaban J connectivity index is 1.79. The molecule has 6 N–H and O–H groups in total. The molecule has 4 rings (SSSR count). The third-order valence-electron chi connectivity index (χ3n) is 8.20. The van der Waals surface area contributed by atoms with Gasteiger partial charge in [0.15, 0.2) is 11.2 Å². The minimum absolute atomic E-state index is 0.0789. The topological polar surface area (TPSA) is 178 Å². The third-order valence-corrected chi connectivity index (χ3v) is 9.30. The van der Waals surface area contributed by atoms with Gasteiger partial charge in [0.1, 0.15) is 17.2 Å². The average molecular weight is 595 g/mol. The second kappa shape index (κ2) is 13.5. The molecule has 0 fully saturated rings. The van der Waals surface area contributed by atoms with Crippen molar-refractivity contribution in [2.45, 2.75) is 91.2 Å². The van der Waals surface area contributed by atoms with Crippen molar-refractivity contribution in [2.75, 3.05) is 19.3 Å². The predicted octanol–water partition coefficient (Wildman–Crippen LogP) is 4.37. The van der Waals surface area contributed by atoms with Crippen molar-refractivity contribution in [3.63, 3.8) is 0 Å². The SMILES string of the molecule is CCC/C(C(=O)c1nc(OC(C)[C@@H](C)CCCNC)c2c(n1)[nH]c(=O)n2CC)=C(/N)[C@H]1CCCc2sc(N)c(C#N)c21. The first-order valence-electron chi connectivity index (χ1n) is 14.8. The molecule has 0 amide bonds. The average Bonchev–Trinajstić information content (AvgIpc) is 3.49. The molecule has 12 heteroatoms. The third kappa shape index (κ3) is 6.08. The molecule has 0 aliphatic heterocycles. The number of anilines is 1. The number of hydrogen-bond donors (Lipinski definition) is 4. The number of carbonyl (C=O) groups is 1. The number of hydrogen-bond acceptors (Lipinski definition) is 10. The van der Waals surface area contributed by atoms with Gasteiger partial charge in [-0.2, -0.15) is 10.2 Å². The number of aromatic nitrogens is 4. The second-order valence-electron chi connectivity index (χ2n) is 11.0. The Kier molecular flexibility index (Phi) is 10.1. The highest BCUT2D eigenvalue weighted by Crippen LogP contribution is 2.45. The van der Waals surface area contributed by atoms with Gasteiger partial charge in [-0.1, -0.05) is 20.3 Å². The van der Waals surface area contributed by atoms with Crippen LogP contribution in [0.2, 0.25) is 0 Å². The minimum Gasteiger partial charge on any atom is -0.473 e. The zero-order valence-corrected chi connectivity index (χ0v) is 26.0. The van der Waals surface area contributed by atoms with Gasteiger partial charge in [0, 0.05) is 28.6 Å². The lowest BCUT2D eigenvalue weighted by molar-refractivity contribution is 0.101.